The Hall–Kier alpha value is -1.01. The minimum Gasteiger partial charge on any atom is -0.396 e. The summed E-state index contributed by atoms with van der Waals surface area (Å²) in [5.74, 6) is -0.510. The van der Waals surface area contributed by atoms with Crippen LogP contribution in [0.15, 0.2) is 12.1 Å². The maximum Gasteiger partial charge on any atom is 0.251 e. The lowest BCUT2D eigenvalue weighted by atomic mass is 10.0. The molecular weight excluding hydrogens is 279 g/mol. The molecule has 5 N–H and O–H groups in total. The van der Waals surface area contributed by atoms with Gasteiger partial charge in [-0.3, -0.25) is 4.79 Å². The third-order valence-corrected chi connectivity index (χ3v) is 3.08. The van der Waals surface area contributed by atoms with Gasteiger partial charge in [0.2, 0.25) is 0 Å². The predicted octanol–water partition coefficient (Wildman–Crippen LogP) is 1.05. The van der Waals surface area contributed by atoms with Crippen molar-refractivity contribution >= 4 is 34.8 Å². The Labute approximate surface area is 115 Å². The van der Waals surface area contributed by atoms with E-state index >= 15 is 0 Å². The molecule has 0 aliphatic heterocycles. The number of nitrogen functional groups attached to an aromatic ring is 1. The third kappa shape index (κ3) is 3.26. The molecule has 7 heteroatoms. The number of halogens is 2. The Bertz CT molecular complexity index is 439. The van der Waals surface area contributed by atoms with Gasteiger partial charge in [-0.25, -0.2) is 0 Å². The Kier molecular flexibility index (Phi) is 4.81. The van der Waals surface area contributed by atoms with E-state index in [1.807, 2.05) is 0 Å². The minimum atomic E-state index is -1.11. The van der Waals surface area contributed by atoms with Gasteiger partial charge in [0.25, 0.3) is 5.91 Å². The van der Waals surface area contributed by atoms with Crippen molar-refractivity contribution in [2.24, 2.45) is 0 Å². The average molecular weight is 293 g/mol. The number of hydrogen-bond donors (Lipinski definition) is 4. The van der Waals surface area contributed by atoms with Crippen molar-refractivity contribution in [3.05, 3.63) is 27.7 Å². The van der Waals surface area contributed by atoms with Crippen LogP contribution in [0.3, 0.4) is 0 Å². The van der Waals surface area contributed by atoms with Gasteiger partial charge in [0.1, 0.15) is 0 Å². The van der Waals surface area contributed by atoms with Crippen molar-refractivity contribution in [1.82, 2.24) is 5.32 Å². The van der Waals surface area contributed by atoms with Crippen molar-refractivity contribution < 1.29 is 15.0 Å². The van der Waals surface area contributed by atoms with Crippen LogP contribution in [0.1, 0.15) is 17.3 Å². The molecule has 0 spiro atoms. The molecule has 0 bridgehead atoms. The zero-order chi connectivity index (χ0) is 13.9. The second kappa shape index (κ2) is 5.75. The number of nitrogens with one attached hydrogen (secondary N) is 1. The van der Waals surface area contributed by atoms with Crippen LogP contribution in [0.2, 0.25) is 10.0 Å². The van der Waals surface area contributed by atoms with Gasteiger partial charge in [-0.15, -0.1) is 0 Å². The summed E-state index contributed by atoms with van der Waals surface area (Å²) in [6.07, 6.45) is 0. The largest absolute Gasteiger partial charge is 0.396 e. The SMILES string of the molecule is CC(CO)(CO)NC(=O)c1cc(Cl)c(N)c(Cl)c1. The molecule has 1 amide bonds. The van der Waals surface area contributed by atoms with Crippen LogP contribution in [0.4, 0.5) is 5.69 Å². The highest BCUT2D eigenvalue weighted by Gasteiger charge is 2.25. The fourth-order valence-corrected chi connectivity index (χ4v) is 1.68. The zero-order valence-corrected chi connectivity index (χ0v) is 11.2. The molecule has 0 aliphatic rings. The first-order valence-corrected chi connectivity index (χ1v) is 5.87. The molecular formula is C11H14Cl2N2O3. The topological polar surface area (TPSA) is 95.6 Å². The molecule has 0 atom stereocenters. The van der Waals surface area contributed by atoms with Gasteiger partial charge in [0, 0.05) is 5.56 Å². The maximum atomic E-state index is 11.9. The number of aliphatic hydroxyl groups excluding tert-OH is 2. The number of benzene rings is 1. The van der Waals surface area contributed by atoms with Crippen LogP contribution in [0, 0.1) is 0 Å². The lowest BCUT2D eigenvalue weighted by Gasteiger charge is -2.26. The Morgan fingerprint density at radius 3 is 2.17 bits per heavy atom. The molecule has 100 valence electrons. The van der Waals surface area contributed by atoms with Crippen LogP contribution in [0.5, 0.6) is 0 Å². The normalized spacial score (nSPS) is 11.4. The van der Waals surface area contributed by atoms with Crippen molar-refractivity contribution in [2.75, 3.05) is 18.9 Å². The molecule has 5 nitrogen and oxygen atoms in total. The van der Waals surface area contributed by atoms with E-state index in [4.69, 9.17) is 39.1 Å². The van der Waals surface area contributed by atoms with Gasteiger partial charge in [-0.1, -0.05) is 23.2 Å². The Morgan fingerprint density at radius 1 is 1.33 bits per heavy atom. The van der Waals surface area contributed by atoms with Gasteiger partial charge in [0.05, 0.1) is 34.5 Å². The number of nitrogens with two attached hydrogens (primary N) is 1. The third-order valence-electron chi connectivity index (χ3n) is 2.45. The van der Waals surface area contributed by atoms with Crippen LogP contribution < -0.4 is 11.1 Å². The molecule has 0 aliphatic carbocycles. The summed E-state index contributed by atoms with van der Waals surface area (Å²) in [5, 5.41) is 21.0. The number of amides is 1. The molecule has 0 heterocycles. The van der Waals surface area contributed by atoms with Gasteiger partial charge in [-0.05, 0) is 19.1 Å². The van der Waals surface area contributed by atoms with E-state index in [9.17, 15) is 4.79 Å². The van der Waals surface area contributed by atoms with E-state index < -0.39 is 24.7 Å². The summed E-state index contributed by atoms with van der Waals surface area (Å²) in [6.45, 7) is 0.711. The molecule has 0 radical (unpaired) electrons. The van der Waals surface area contributed by atoms with Crippen molar-refractivity contribution in [3.63, 3.8) is 0 Å². The van der Waals surface area contributed by atoms with Gasteiger partial charge in [0.15, 0.2) is 0 Å². The Morgan fingerprint density at radius 2 is 1.78 bits per heavy atom. The molecule has 0 aromatic heterocycles. The Balaban J connectivity index is 2.98. The minimum absolute atomic E-state index is 0.169. The quantitative estimate of drug-likeness (QED) is 0.624. The number of aliphatic hydroxyl groups is 2. The first kappa shape index (κ1) is 15.0. The van der Waals surface area contributed by atoms with Crippen LogP contribution in [0.25, 0.3) is 0 Å². The summed E-state index contributed by atoms with van der Waals surface area (Å²) in [4.78, 5) is 11.9. The van der Waals surface area contributed by atoms with Crippen molar-refractivity contribution in [1.29, 1.82) is 0 Å². The second-order valence-electron chi connectivity index (χ2n) is 4.18. The number of hydrogen-bond acceptors (Lipinski definition) is 4. The molecule has 1 aromatic carbocycles. The van der Waals surface area contributed by atoms with Gasteiger partial charge < -0.3 is 21.3 Å². The second-order valence-corrected chi connectivity index (χ2v) is 5.00. The van der Waals surface area contributed by atoms with Crippen LogP contribution in [-0.2, 0) is 0 Å². The average Bonchev–Trinajstić information content (AvgIpc) is 2.35. The molecule has 0 saturated carbocycles. The summed E-state index contributed by atoms with van der Waals surface area (Å²) in [5.41, 5.74) is 4.84. The van der Waals surface area contributed by atoms with E-state index in [0.29, 0.717) is 0 Å². The summed E-state index contributed by atoms with van der Waals surface area (Å²) in [6, 6.07) is 2.74. The van der Waals surface area contributed by atoms with Gasteiger partial charge in [-0.2, -0.15) is 0 Å². The first-order valence-electron chi connectivity index (χ1n) is 5.12. The van der Waals surface area contributed by atoms with E-state index in [1.165, 1.54) is 19.1 Å². The monoisotopic (exact) mass is 292 g/mol. The predicted molar refractivity (Wildman–Crippen MR) is 70.9 cm³/mol. The fraction of sp³-hybridized carbons (Fsp3) is 0.364. The van der Waals surface area contributed by atoms with Gasteiger partial charge >= 0.3 is 0 Å². The summed E-state index contributed by atoms with van der Waals surface area (Å²) in [7, 11) is 0. The smallest absolute Gasteiger partial charge is 0.251 e. The van der Waals surface area contributed by atoms with E-state index in [0.717, 1.165) is 0 Å². The lowest BCUT2D eigenvalue weighted by Crippen LogP contribution is -2.51. The summed E-state index contributed by atoms with van der Waals surface area (Å²) >= 11 is 11.6. The number of rotatable bonds is 4. The number of carbonyl (C=O) groups is 1. The highest BCUT2D eigenvalue weighted by Crippen LogP contribution is 2.28. The molecule has 0 fully saturated rings. The van der Waals surface area contributed by atoms with E-state index in [2.05, 4.69) is 5.32 Å². The summed E-state index contributed by atoms with van der Waals surface area (Å²) < 4.78 is 0. The maximum absolute atomic E-state index is 11.9. The zero-order valence-electron chi connectivity index (χ0n) is 9.70. The van der Waals surface area contributed by atoms with Crippen LogP contribution in [-0.4, -0.2) is 34.9 Å². The molecule has 1 aromatic rings. The van der Waals surface area contributed by atoms with E-state index in [-0.39, 0.29) is 21.3 Å². The fourth-order valence-electron chi connectivity index (χ4n) is 1.19. The molecule has 18 heavy (non-hydrogen) atoms. The lowest BCUT2D eigenvalue weighted by molar-refractivity contribution is 0.0724. The van der Waals surface area contributed by atoms with Crippen molar-refractivity contribution in [3.8, 4) is 0 Å². The molecule has 0 unspecified atom stereocenters. The molecule has 0 saturated heterocycles. The van der Waals surface area contributed by atoms with Crippen molar-refractivity contribution in [2.45, 2.75) is 12.5 Å². The number of anilines is 1. The standard InChI is InChI=1S/C11H14Cl2N2O3/c1-11(4-16,5-17)15-10(18)6-2-7(12)9(14)8(13)3-6/h2-3,16-17H,4-5,14H2,1H3,(H,15,18). The first-order chi connectivity index (χ1) is 8.33. The highest BCUT2D eigenvalue weighted by molar-refractivity contribution is 6.39. The van der Waals surface area contributed by atoms with E-state index in [1.54, 1.807) is 0 Å². The van der Waals surface area contributed by atoms with Crippen LogP contribution >= 0.6 is 23.2 Å². The number of carbonyl (C=O) groups excluding carboxylic acids is 1. The highest BCUT2D eigenvalue weighted by atomic mass is 35.5. The molecule has 1 rings (SSSR count).